The van der Waals surface area contributed by atoms with Crippen LogP contribution in [0.1, 0.15) is 27.2 Å². The van der Waals surface area contributed by atoms with Crippen molar-refractivity contribution in [3.63, 3.8) is 0 Å². The first-order valence-corrected chi connectivity index (χ1v) is 9.39. The number of benzene rings is 1. The molecule has 0 aliphatic carbocycles. The third kappa shape index (κ3) is 4.80. The van der Waals surface area contributed by atoms with Gasteiger partial charge in [-0.05, 0) is 37.2 Å². The Hall–Kier alpha value is -2.54. The van der Waals surface area contributed by atoms with Crippen molar-refractivity contribution in [2.75, 3.05) is 42.9 Å². The molecule has 27 heavy (non-hydrogen) atoms. The molecule has 146 valence electrons. The number of rotatable bonds is 5. The minimum atomic E-state index is -1.23. The van der Waals surface area contributed by atoms with Crippen molar-refractivity contribution >= 4 is 23.3 Å². The summed E-state index contributed by atoms with van der Waals surface area (Å²) in [6.45, 7) is 10.6. The third-order valence-electron chi connectivity index (χ3n) is 4.64. The number of carbonyl (C=O) groups excluding carboxylic acids is 2. The van der Waals surface area contributed by atoms with Crippen molar-refractivity contribution in [3.05, 3.63) is 36.0 Å². The van der Waals surface area contributed by atoms with Gasteiger partial charge in [-0.25, -0.2) is 9.59 Å². The lowest BCUT2D eigenvalue weighted by atomic mass is 10.2. The second-order valence-electron chi connectivity index (χ2n) is 7.26. The van der Waals surface area contributed by atoms with Gasteiger partial charge in [0.25, 0.3) is 5.79 Å². The van der Waals surface area contributed by atoms with E-state index in [0.29, 0.717) is 0 Å². The molecule has 3 rings (SSSR count). The Labute approximate surface area is 159 Å². The lowest BCUT2D eigenvalue weighted by Crippen LogP contribution is -2.46. The smallest absolute Gasteiger partial charge is 0.350 e. The van der Waals surface area contributed by atoms with E-state index in [0.717, 1.165) is 38.4 Å². The molecule has 0 bridgehead atoms. The number of ether oxygens (including phenoxy) is 2. The molecule has 0 amide bonds. The number of piperazine rings is 1. The van der Waals surface area contributed by atoms with Crippen LogP contribution in [0.25, 0.3) is 0 Å². The molecule has 2 aliphatic rings. The molecular formula is C20H27N3O4. The van der Waals surface area contributed by atoms with Crippen LogP contribution in [0, 0.1) is 0 Å². The van der Waals surface area contributed by atoms with E-state index in [-0.39, 0.29) is 5.57 Å². The van der Waals surface area contributed by atoms with Gasteiger partial charge in [-0.3, -0.25) is 4.90 Å². The van der Waals surface area contributed by atoms with Crippen LogP contribution in [0.4, 0.5) is 11.4 Å². The molecule has 0 radical (unpaired) electrons. The zero-order valence-electron chi connectivity index (χ0n) is 16.2. The van der Waals surface area contributed by atoms with Crippen LogP contribution in [-0.4, -0.2) is 55.3 Å². The van der Waals surface area contributed by atoms with Gasteiger partial charge >= 0.3 is 11.9 Å². The van der Waals surface area contributed by atoms with Gasteiger partial charge in [0, 0.05) is 57.6 Å². The average molecular weight is 373 g/mol. The fraction of sp³-hybridized carbons (Fsp3) is 0.500. The van der Waals surface area contributed by atoms with Gasteiger partial charge in [-0.15, -0.1) is 0 Å². The highest BCUT2D eigenvalue weighted by atomic mass is 16.7. The summed E-state index contributed by atoms with van der Waals surface area (Å²) in [5.41, 5.74) is 1.80. The van der Waals surface area contributed by atoms with E-state index in [2.05, 4.69) is 22.0 Å². The van der Waals surface area contributed by atoms with Gasteiger partial charge in [-0.2, -0.15) is 0 Å². The first-order chi connectivity index (χ1) is 12.9. The zero-order chi connectivity index (χ0) is 19.4. The molecule has 0 unspecified atom stereocenters. The van der Waals surface area contributed by atoms with Gasteiger partial charge in [0.2, 0.25) is 0 Å². The highest BCUT2D eigenvalue weighted by molar-refractivity contribution is 6.15. The Bertz CT molecular complexity index is 697. The number of anilines is 2. The van der Waals surface area contributed by atoms with E-state index in [1.807, 2.05) is 24.3 Å². The van der Waals surface area contributed by atoms with Crippen molar-refractivity contribution in [3.8, 4) is 0 Å². The summed E-state index contributed by atoms with van der Waals surface area (Å²) in [7, 11) is 0. The molecular weight excluding hydrogens is 346 g/mol. The minimum Gasteiger partial charge on any atom is -0.419 e. The van der Waals surface area contributed by atoms with Crippen molar-refractivity contribution in [1.29, 1.82) is 0 Å². The topological polar surface area (TPSA) is 71.1 Å². The molecule has 2 saturated heterocycles. The van der Waals surface area contributed by atoms with Crippen molar-refractivity contribution < 1.29 is 19.1 Å². The second kappa shape index (κ2) is 8.00. The van der Waals surface area contributed by atoms with Crippen LogP contribution in [0.15, 0.2) is 36.0 Å². The Kier molecular flexibility index (Phi) is 5.70. The standard InChI is InChI=1S/C20H27N3O4/c1-4-9-22-10-12-23(13-11-22)16-7-5-15(6-8-16)21-14-17-18(24)26-20(2,3)27-19(17)25/h5-8,14,21H,4,9-13H2,1-3H3. The number of hydrogen-bond acceptors (Lipinski definition) is 7. The number of nitrogens with one attached hydrogen (secondary N) is 1. The van der Waals surface area contributed by atoms with Gasteiger partial charge in [0.05, 0.1) is 0 Å². The van der Waals surface area contributed by atoms with Crippen LogP contribution in [0.5, 0.6) is 0 Å². The summed E-state index contributed by atoms with van der Waals surface area (Å²) in [5.74, 6) is -2.61. The number of esters is 2. The zero-order valence-corrected chi connectivity index (χ0v) is 16.2. The highest BCUT2D eigenvalue weighted by Crippen LogP contribution is 2.23. The maximum atomic E-state index is 11.9. The Morgan fingerprint density at radius 3 is 2.19 bits per heavy atom. The molecule has 1 aromatic rings. The third-order valence-corrected chi connectivity index (χ3v) is 4.64. The normalized spacial score (nSPS) is 20.1. The Balaban J connectivity index is 1.58. The maximum Gasteiger partial charge on any atom is 0.350 e. The van der Waals surface area contributed by atoms with E-state index in [9.17, 15) is 9.59 Å². The highest BCUT2D eigenvalue weighted by Gasteiger charge is 2.38. The summed E-state index contributed by atoms with van der Waals surface area (Å²) < 4.78 is 10.1. The summed E-state index contributed by atoms with van der Waals surface area (Å²) >= 11 is 0. The van der Waals surface area contributed by atoms with E-state index < -0.39 is 17.7 Å². The molecule has 0 aromatic heterocycles. The van der Waals surface area contributed by atoms with Gasteiger partial charge in [0.15, 0.2) is 5.57 Å². The maximum absolute atomic E-state index is 11.9. The van der Waals surface area contributed by atoms with Gasteiger partial charge in [-0.1, -0.05) is 6.92 Å². The number of cyclic esters (lactones) is 2. The lowest BCUT2D eigenvalue weighted by molar-refractivity contribution is -0.222. The summed E-state index contributed by atoms with van der Waals surface area (Å²) in [4.78, 5) is 28.7. The number of carbonyl (C=O) groups is 2. The quantitative estimate of drug-likeness (QED) is 0.483. The molecule has 0 saturated carbocycles. The summed E-state index contributed by atoms with van der Waals surface area (Å²) in [5, 5.41) is 2.97. The van der Waals surface area contributed by atoms with Gasteiger partial charge in [0.1, 0.15) is 0 Å². The first-order valence-electron chi connectivity index (χ1n) is 9.39. The van der Waals surface area contributed by atoms with Crippen molar-refractivity contribution in [1.82, 2.24) is 4.90 Å². The Morgan fingerprint density at radius 2 is 1.63 bits per heavy atom. The van der Waals surface area contributed by atoms with E-state index in [4.69, 9.17) is 9.47 Å². The fourth-order valence-corrected chi connectivity index (χ4v) is 3.25. The molecule has 2 fully saturated rings. The molecule has 0 atom stereocenters. The summed E-state index contributed by atoms with van der Waals surface area (Å²) in [6, 6.07) is 7.93. The predicted octanol–water partition coefficient (Wildman–Crippen LogP) is 2.35. The van der Waals surface area contributed by atoms with Crippen LogP contribution in [-0.2, 0) is 19.1 Å². The minimum absolute atomic E-state index is 0.148. The summed E-state index contributed by atoms with van der Waals surface area (Å²) in [6.07, 6.45) is 2.52. The molecule has 1 aromatic carbocycles. The largest absolute Gasteiger partial charge is 0.419 e. The number of hydrogen-bond donors (Lipinski definition) is 1. The molecule has 2 aliphatic heterocycles. The predicted molar refractivity (Wildman–Crippen MR) is 103 cm³/mol. The van der Waals surface area contributed by atoms with Crippen LogP contribution in [0.2, 0.25) is 0 Å². The van der Waals surface area contributed by atoms with Crippen LogP contribution in [0.3, 0.4) is 0 Å². The number of nitrogens with zero attached hydrogens (tertiary/aromatic N) is 2. The average Bonchev–Trinajstić information content (AvgIpc) is 2.61. The van der Waals surface area contributed by atoms with Crippen molar-refractivity contribution in [2.45, 2.75) is 33.0 Å². The van der Waals surface area contributed by atoms with Crippen molar-refractivity contribution in [2.24, 2.45) is 0 Å². The first kappa shape index (κ1) is 19.2. The molecule has 2 heterocycles. The SMILES string of the molecule is CCCN1CCN(c2ccc(NC=C3C(=O)OC(C)(C)OC3=O)cc2)CC1. The van der Waals surface area contributed by atoms with Crippen LogP contribution >= 0.6 is 0 Å². The van der Waals surface area contributed by atoms with E-state index in [1.165, 1.54) is 32.2 Å². The van der Waals surface area contributed by atoms with E-state index in [1.54, 1.807) is 0 Å². The molecule has 7 heteroatoms. The second-order valence-corrected chi connectivity index (χ2v) is 7.26. The lowest BCUT2D eigenvalue weighted by Gasteiger charge is -2.36. The Morgan fingerprint density at radius 1 is 1.04 bits per heavy atom. The van der Waals surface area contributed by atoms with Gasteiger partial charge < -0.3 is 19.7 Å². The monoisotopic (exact) mass is 373 g/mol. The molecule has 7 nitrogen and oxygen atoms in total. The fourth-order valence-electron chi connectivity index (χ4n) is 3.25. The molecule has 1 N–H and O–H groups in total. The van der Waals surface area contributed by atoms with Crippen LogP contribution < -0.4 is 10.2 Å². The van der Waals surface area contributed by atoms with E-state index >= 15 is 0 Å². The molecule has 0 spiro atoms.